The van der Waals surface area contributed by atoms with Gasteiger partial charge in [-0.3, -0.25) is 4.79 Å². The molecule has 3 N–H and O–H groups in total. The van der Waals surface area contributed by atoms with E-state index >= 15 is 0 Å². The minimum atomic E-state index is -0.503. The second-order valence-corrected chi connectivity index (χ2v) is 3.93. The zero-order valence-corrected chi connectivity index (χ0v) is 10.2. The Kier molecular flexibility index (Phi) is 4.58. The standard InChI is InChI=1S/C11H16ClN3O/c1-14-6-7-15(2)9-5-3-4-8(12)10(9)11(13)16/h3-5,14H,6-7H2,1-2H3,(H2,13,16). The van der Waals surface area contributed by atoms with Crippen LogP contribution < -0.4 is 16.0 Å². The highest BCUT2D eigenvalue weighted by molar-refractivity contribution is 6.34. The molecule has 0 saturated heterocycles. The van der Waals surface area contributed by atoms with Gasteiger partial charge in [0.2, 0.25) is 0 Å². The number of halogens is 1. The summed E-state index contributed by atoms with van der Waals surface area (Å²) in [5.74, 6) is -0.503. The molecule has 0 aliphatic heterocycles. The predicted molar refractivity (Wildman–Crippen MR) is 67.2 cm³/mol. The lowest BCUT2D eigenvalue weighted by Gasteiger charge is -2.21. The third-order valence-corrected chi connectivity index (χ3v) is 2.66. The number of nitrogens with two attached hydrogens (primary N) is 1. The summed E-state index contributed by atoms with van der Waals surface area (Å²) < 4.78 is 0. The molecule has 0 fully saturated rings. The van der Waals surface area contributed by atoms with E-state index < -0.39 is 5.91 Å². The molecule has 0 unspecified atom stereocenters. The second-order valence-electron chi connectivity index (χ2n) is 3.52. The lowest BCUT2D eigenvalue weighted by Crippen LogP contribution is -2.29. The molecule has 0 saturated carbocycles. The molecule has 16 heavy (non-hydrogen) atoms. The van der Waals surface area contributed by atoms with E-state index in [1.807, 2.05) is 25.1 Å². The Morgan fingerprint density at radius 3 is 2.81 bits per heavy atom. The van der Waals surface area contributed by atoms with Gasteiger partial charge in [-0.05, 0) is 19.2 Å². The molecule has 1 rings (SSSR count). The number of anilines is 1. The maximum atomic E-state index is 11.3. The van der Waals surface area contributed by atoms with Gasteiger partial charge >= 0.3 is 0 Å². The zero-order chi connectivity index (χ0) is 12.1. The summed E-state index contributed by atoms with van der Waals surface area (Å²) in [5.41, 5.74) is 6.45. The van der Waals surface area contributed by atoms with E-state index in [4.69, 9.17) is 17.3 Å². The summed E-state index contributed by atoms with van der Waals surface area (Å²) in [7, 11) is 3.77. The third kappa shape index (κ3) is 2.87. The van der Waals surface area contributed by atoms with Crippen LogP contribution in [-0.2, 0) is 0 Å². The second kappa shape index (κ2) is 5.72. The average molecular weight is 242 g/mol. The Morgan fingerprint density at radius 2 is 2.25 bits per heavy atom. The van der Waals surface area contributed by atoms with Crippen LogP contribution in [0, 0.1) is 0 Å². The number of carbonyl (C=O) groups excluding carboxylic acids is 1. The highest BCUT2D eigenvalue weighted by Gasteiger charge is 2.14. The topological polar surface area (TPSA) is 58.4 Å². The lowest BCUT2D eigenvalue weighted by atomic mass is 10.1. The Morgan fingerprint density at radius 1 is 1.56 bits per heavy atom. The van der Waals surface area contributed by atoms with Crippen LogP contribution in [0.2, 0.25) is 5.02 Å². The van der Waals surface area contributed by atoms with Crippen molar-refractivity contribution in [1.82, 2.24) is 5.32 Å². The van der Waals surface area contributed by atoms with Gasteiger partial charge in [0.25, 0.3) is 5.91 Å². The van der Waals surface area contributed by atoms with Crippen molar-refractivity contribution in [2.75, 3.05) is 32.1 Å². The molecule has 0 heterocycles. The molecule has 0 bridgehead atoms. The maximum absolute atomic E-state index is 11.3. The van der Waals surface area contributed by atoms with Gasteiger partial charge in [-0.25, -0.2) is 0 Å². The highest BCUT2D eigenvalue weighted by Crippen LogP contribution is 2.26. The van der Waals surface area contributed by atoms with Crippen molar-refractivity contribution in [3.63, 3.8) is 0 Å². The summed E-state index contributed by atoms with van der Waals surface area (Å²) >= 11 is 5.96. The van der Waals surface area contributed by atoms with Crippen molar-refractivity contribution in [2.45, 2.75) is 0 Å². The molecule has 0 aliphatic rings. The number of likely N-dealkylation sites (N-methyl/N-ethyl adjacent to an activating group) is 2. The first-order valence-corrected chi connectivity index (χ1v) is 5.39. The van der Waals surface area contributed by atoms with E-state index in [1.165, 1.54) is 0 Å². The fraction of sp³-hybridized carbons (Fsp3) is 0.364. The van der Waals surface area contributed by atoms with Gasteiger partial charge in [0.05, 0.1) is 16.3 Å². The summed E-state index contributed by atoms with van der Waals surface area (Å²) in [6.07, 6.45) is 0. The van der Waals surface area contributed by atoms with Crippen molar-refractivity contribution >= 4 is 23.2 Å². The molecule has 1 aromatic rings. The van der Waals surface area contributed by atoms with E-state index in [-0.39, 0.29) is 0 Å². The molecule has 0 spiro atoms. The van der Waals surface area contributed by atoms with Gasteiger partial charge in [-0.2, -0.15) is 0 Å². The first kappa shape index (κ1) is 12.8. The van der Waals surface area contributed by atoms with E-state index in [2.05, 4.69) is 5.32 Å². The normalized spacial score (nSPS) is 10.2. The van der Waals surface area contributed by atoms with Gasteiger partial charge in [-0.15, -0.1) is 0 Å². The first-order chi connectivity index (χ1) is 7.57. The van der Waals surface area contributed by atoms with Gasteiger partial charge in [0.15, 0.2) is 0 Å². The van der Waals surface area contributed by atoms with Gasteiger partial charge in [-0.1, -0.05) is 17.7 Å². The van der Waals surface area contributed by atoms with Crippen LogP contribution in [0.3, 0.4) is 0 Å². The van der Waals surface area contributed by atoms with E-state index in [9.17, 15) is 4.79 Å². The quantitative estimate of drug-likeness (QED) is 0.812. The van der Waals surface area contributed by atoms with Crippen molar-refractivity contribution in [1.29, 1.82) is 0 Å². The Balaban J connectivity index is 3.02. The number of benzene rings is 1. The molecule has 1 aromatic carbocycles. The minimum Gasteiger partial charge on any atom is -0.373 e. The minimum absolute atomic E-state index is 0.378. The number of hydrogen-bond donors (Lipinski definition) is 2. The largest absolute Gasteiger partial charge is 0.373 e. The number of hydrogen-bond acceptors (Lipinski definition) is 3. The van der Waals surface area contributed by atoms with Crippen LogP contribution in [0.15, 0.2) is 18.2 Å². The fourth-order valence-corrected chi connectivity index (χ4v) is 1.74. The van der Waals surface area contributed by atoms with Crippen molar-refractivity contribution in [3.8, 4) is 0 Å². The molecule has 0 aliphatic carbocycles. The lowest BCUT2D eigenvalue weighted by molar-refractivity contribution is 0.100. The zero-order valence-electron chi connectivity index (χ0n) is 9.46. The monoisotopic (exact) mass is 241 g/mol. The van der Waals surface area contributed by atoms with Crippen molar-refractivity contribution < 1.29 is 4.79 Å². The summed E-state index contributed by atoms with van der Waals surface area (Å²) in [6.45, 7) is 1.60. The number of carbonyl (C=O) groups is 1. The Bertz CT molecular complexity index is 381. The van der Waals surface area contributed by atoms with Crippen LogP contribution in [-0.4, -0.2) is 33.1 Å². The molecular weight excluding hydrogens is 226 g/mol. The van der Waals surface area contributed by atoms with Crippen molar-refractivity contribution in [3.05, 3.63) is 28.8 Å². The van der Waals surface area contributed by atoms with Gasteiger partial charge < -0.3 is 16.0 Å². The van der Waals surface area contributed by atoms with E-state index in [0.717, 1.165) is 18.8 Å². The molecule has 1 amide bonds. The number of amides is 1. The Hall–Kier alpha value is -1.26. The third-order valence-electron chi connectivity index (χ3n) is 2.35. The number of primary amides is 1. The molecular formula is C11H16ClN3O. The van der Waals surface area contributed by atoms with E-state index in [1.54, 1.807) is 12.1 Å². The molecule has 0 atom stereocenters. The molecule has 88 valence electrons. The summed E-state index contributed by atoms with van der Waals surface area (Å²) in [5, 5.41) is 3.43. The predicted octanol–water partition coefficient (Wildman–Crippen LogP) is 1.09. The number of nitrogens with zero attached hydrogens (tertiary/aromatic N) is 1. The molecule has 4 nitrogen and oxygen atoms in total. The van der Waals surface area contributed by atoms with Gasteiger partial charge in [0.1, 0.15) is 0 Å². The van der Waals surface area contributed by atoms with E-state index in [0.29, 0.717) is 10.6 Å². The maximum Gasteiger partial charge on any atom is 0.252 e. The molecule has 0 aromatic heterocycles. The first-order valence-electron chi connectivity index (χ1n) is 5.02. The molecule has 0 radical (unpaired) electrons. The van der Waals surface area contributed by atoms with Gasteiger partial charge in [0, 0.05) is 20.1 Å². The van der Waals surface area contributed by atoms with Crippen molar-refractivity contribution in [2.24, 2.45) is 5.73 Å². The summed E-state index contributed by atoms with van der Waals surface area (Å²) in [4.78, 5) is 13.3. The number of nitrogens with one attached hydrogen (secondary N) is 1. The van der Waals surface area contributed by atoms with Crippen LogP contribution in [0.5, 0.6) is 0 Å². The highest BCUT2D eigenvalue weighted by atomic mass is 35.5. The Labute approximate surface area is 100 Å². The van der Waals surface area contributed by atoms with Crippen LogP contribution in [0.1, 0.15) is 10.4 Å². The van der Waals surface area contributed by atoms with Crippen LogP contribution in [0.25, 0.3) is 0 Å². The van der Waals surface area contributed by atoms with Crippen LogP contribution in [0.4, 0.5) is 5.69 Å². The summed E-state index contributed by atoms with van der Waals surface area (Å²) in [6, 6.07) is 5.30. The smallest absolute Gasteiger partial charge is 0.252 e. The average Bonchev–Trinajstić information content (AvgIpc) is 2.24. The number of rotatable bonds is 5. The fourth-order valence-electron chi connectivity index (χ4n) is 1.47. The SMILES string of the molecule is CNCCN(C)c1cccc(Cl)c1C(N)=O. The van der Waals surface area contributed by atoms with Crippen LogP contribution >= 0.6 is 11.6 Å². The molecule has 5 heteroatoms.